The average molecular weight is 465 g/mol. The second kappa shape index (κ2) is 10.5. The molecule has 2 heterocycles. The highest BCUT2D eigenvalue weighted by Crippen LogP contribution is 2.26. The van der Waals surface area contributed by atoms with E-state index >= 15 is 0 Å². The highest BCUT2D eigenvalue weighted by atomic mass is 32.2. The van der Waals surface area contributed by atoms with Crippen LogP contribution in [0.4, 0.5) is 16.3 Å². The highest BCUT2D eigenvalue weighted by Gasteiger charge is 2.17. The van der Waals surface area contributed by atoms with Crippen molar-refractivity contribution in [1.29, 1.82) is 0 Å². The van der Waals surface area contributed by atoms with Crippen molar-refractivity contribution in [2.75, 3.05) is 10.6 Å². The zero-order valence-corrected chi connectivity index (χ0v) is 20.2. The van der Waals surface area contributed by atoms with Crippen LogP contribution in [0.15, 0.2) is 59.9 Å². The fraction of sp³-hybridized carbons (Fsp3) is 0.280. The van der Waals surface area contributed by atoms with Crippen molar-refractivity contribution >= 4 is 35.3 Å². The lowest BCUT2D eigenvalue weighted by Crippen LogP contribution is -2.27. The Balaban J connectivity index is 1.68. The van der Waals surface area contributed by atoms with Crippen LogP contribution in [0, 0.1) is 13.8 Å². The molecule has 2 amide bonds. The number of hydrogen-bond donors (Lipinski definition) is 2. The van der Waals surface area contributed by atoms with E-state index in [0.29, 0.717) is 22.2 Å². The molecule has 0 saturated heterocycles. The van der Waals surface area contributed by atoms with Gasteiger partial charge in [0, 0.05) is 23.8 Å². The van der Waals surface area contributed by atoms with Crippen molar-refractivity contribution in [3.8, 4) is 0 Å². The zero-order valence-electron chi connectivity index (χ0n) is 19.4. The number of hydrogen-bond acceptors (Lipinski definition) is 6. The summed E-state index contributed by atoms with van der Waals surface area (Å²) in [6.45, 7) is 9.39. The molecule has 0 fully saturated rings. The van der Waals surface area contributed by atoms with Gasteiger partial charge >= 0.3 is 6.09 Å². The predicted octanol–water partition coefficient (Wildman–Crippen LogP) is 5.99. The summed E-state index contributed by atoms with van der Waals surface area (Å²) in [5.74, 6) is 0.737. The van der Waals surface area contributed by atoms with Crippen molar-refractivity contribution in [2.24, 2.45) is 0 Å². The summed E-state index contributed by atoms with van der Waals surface area (Å²) in [6.07, 6.45) is 2.72. The molecule has 0 radical (unpaired) electrons. The van der Waals surface area contributed by atoms with Gasteiger partial charge < -0.3 is 10.1 Å². The number of aryl methyl sites for hydroxylation is 2. The fourth-order valence-electron chi connectivity index (χ4n) is 3.12. The molecule has 7 nitrogen and oxygen atoms in total. The minimum Gasteiger partial charge on any atom is -0.444 e. The normalized spacial score (nSPS) is 11.1. The summed E-state index contributed by atoms with van der Waals surface area (Å²) < 4.78 is 5.27. The van der Waals surface area contributed by atoms with Crippen LogP contribution in [0.1, 0.15) is 47.8 Å². The molecule has 0 bridgehead atoms. The number of ether oxygens (including phenoxy) is 1. The van der Waals surface area contributed by atoms with Crippen LogP contribution in [0.3, 0.4) is 0 Å². The average Bonchev–Trinajstić information content (AvgIpc) is 2.70. The number of thioether (sulfide) groups is 1. The van der Waals surface area contributed by atoms with Crippen LogP contribution in [0.5, 0.6) is 0 Å². The monoisotopic (exact) mass is 464 g/mol. The van der Waals surface area contributed by atoms with Crippen molar-refractivity contribution in [3.63, 3.8) is 0 Å². The van der Waals surface area contributed by atoms with Crippen molar-refractivity contribution in [2.45, 2.75) is 51.0 Å². The summed E-state index contributed by atoms with van der Waals surface area (Å²) in [6, 6.07) is 13.1. The summed E-state index contributed by atoms with van der Waals surface area (Å²) in [7, 11) is 0. The molecule has 2 N–H and O–H groups in total. The van der Waals surface area contributed by atoms with E-state index in [0.717, 1.165) is 22.4 Å². The topological polar surface area (TPSA) is 93.2 Å². The number of nitrogens with one attached hydrogen (secondary N) is 2. The first kappa shape index (κ1) is 24.3. The third-order valence-electron chi connectivity index (χ3n) is 4.32. The Morgan fingerprint density at radius 1 is 0.970 bits per heavy atom. The first-order valence-corrected chi connectivity index (χ1v) is 11.5. The van der Waals surface area contributed by atoms with Gasteiger partial charge in [-0.25, -0.2) is 14.8 Å². The SMILES string of the molecule is Cc1cc(C)cc(NC(=O)c2cccnc2SCc2ccnc(NC(=O)OC(C)(C)C)c2)c1. The van der Waals surface area contributed by atoms with Gasteiger partial charge in [-0.3, -0.25) is 10.1 Å². The van der Waals surface area contributed by atoms with Crippen LogP contribution in [0.25, 0.3) is 0 Å². The van der Waals surface area contributed by atoms with Crippen LogP contribution < -0.4 is 10.6 Å². The third-order valence-corrected chi connectivity index (χ3v) is 5.40. The van der Waals surface area contributed by atoms with Crippen molar-refractivity contribution < 1.29 is 14.3 Å². The summed E-state index contributed by atoms with van der Waals surface area (Å²) in [5, 5.41) is 6.23. The van der Waals surface area contributed by atoms with E-state index < -0.39 is 11.7 Å². The minimum absolute atomic E-state index is 0.211. The first-order valence-electron chi connectivity index (χ1n) is 10.5. The maximum absolute atomic E-state index is 12.9. The molecule has 0 aliphatic heterocycles. The lowest BCUT2D eigenvalue weighted by atomic mass is 10.1. The molecule has 172 valence electrons. The Bertz CT molecular complexity index is 1140. The summed E-state index contributed by atoms with van der Waals surface area (Å²) >= 11 is 1.44. The first-order chi connectivity index (χ1) is 15.6. The fourth-order valence-corrected chi connectivity index (χ4v) is 4.05. The van der Waals surface area contributed by atoms with E-state index in [4.69, 9.17) is 4.74 Å². The van der Waals surface area contributed by atoms with E-state index in [9.17, 15) is 9.59 Å². The molecule has 3 rings (SSSR count). The van der Waals surface area contributed by atoms with Gasteiger partial charge in [-0.2, -0.15) is 0 Å². The number of carbonyl (C=O) groups excluding carboxylic acids is 2. The second-order valence-electron chi connectivity index (χ2n) is 8.65. The maximum Gasteiger partial charge on any atom is 0.413 e. The van der Waals surface area contributed by atoms with E-state index in [1.54, 1.807) is 51.4 Å². The number of benzene rings is 1. The van der Waals surface area contributed by atoms with Crippen LogP contribution in [-0.4, -0.2) is 27.6 Å². The maximum atomic E-state index is 12.9. The van der Waals surface area contributed by atoms with Crippen LogP contribution in [-0.2, 0) is 10.5 Å². The number of pyridine rings is 2. The molecule has 33 heavy (non-hydrogen) atoms. The molecule has 0 aliphatic carbocycles. The second-order valence-corrected chi connectivity index (χ2v) is 9.62. The molecular weight excluding hydrogens is 436 g/mol. The quantitative estimate of drug-likeness (QED) is 0.436. The van der Waals surface area contributed by atoms with Gasteiger partial charge in [0.1, 0.15) is 16.4 Å². The summed E-state index contributed by atoms with van der Waals surface area (Å²) in [4.78, 5) is 33.5. The predicted molar refractivity (Wildman–Crippen MR) is 132 cm³/mol. The van der Waals surface area contributed by atoms with Crippen LogP contribution >= 0.6 is 11.8 Å². The molecular formula is C25H28N4O3S. The minimum atomic E-state index is -0.593. The lowest BCUT2D eigenvalue weighted by Gasteiger charge is -2.19. The number of carbonyl (C=O) groups is 2. The number of anilines is 2. The van der Waals surface area contributed by atoms with Gasteiger partial charge in [-0.15, -0.1) is 11.8 Å². The molecule has 0 spiro atoms. The number of nitrogens with zero attached hydrogens (tertiary/aromatic N) is 2. The van der Waals surface area contributed by atoms with Gasteiger partial charge in [-0.1, -0.05) is 6.07 Å². The number of amides is 2. The van der Waals surface area contributed by atoms with Gasteiger partial charge in [0.15, 0.2) is 0 Å². The molecule has 8 heteroatoms. The molecule has 1 aromatic carbocycles. The largest absolute Gasteiger partial charge is 0.444 e. The van der Waals surface area contributed by atoms with E-state index in [-0.39, 0.29) is 5.91 Å². The van der Waals surface area contributed by atoms with Gasteiger partial charge in [-0.05, 0) is 87.7 Å². The number of rotatable bonds is 6. The van der Waals surface area contributed by atoms with E-state index in [1.807, 2.05) is 32.0 Å². The van der Waals surface area contributed by atoms with Crippen molar-refractivity contribution in [1.82, 2.24) is 9.97 Å². The van der Waals surface area contributed by atoms with Gasteiger partial charge in [0.2, 0.25) is 0 Å². The Labute approximate surface area is 198 Å². The summed E-state index contributed by atoms with van der Waals surface area (Å²) in [5.41, 5.74) is 3.75. The van der Waals surface area contributed by atoms with E-state index in [1.165, 1.54) is 11.8 Å². The highest BCUT2D eigenvalue weighted by molar-refractivity contribution is 7.98. The Hall–Kier alpha value is -3.39. The molecule has 0 unspecified atom stereocenters. The molecule has 0 saturated carbocycles. The zero-order chi connectivity index (χ0) is 24.0. The lowest BCUT2D eigenvalue weighted by molar-refractivity contribution is 0.0635. The van der Waals surface area contributed by atoms with Gasteiger partial charge in [0.05, 0.1) is 5.56 Å². The van der Waals surface area contributed by atoms with Gasteiger partial charge in [0.25, 0.3) is 5.91 Å². The smallest absolute Gasteiger partial charge is 0.413 e. The number of aromatic nitrogens is 2. The Morgan fingerprint density at radius 2 is 1.70 bits per heavy atom. The van der Waals surface area contributed by atoms with Crippen LogP contribution in [0.2, 0.25) is 0 Å². The molecule has 0 atom stereocenters. The Kier molecular flexibility index (Phi) is 7.71. The van der Waals surface area contributed by atoms with E-state index in [2.05, 4.69) is 26.7 Å². The van der Waals surface area contributed by atoms with Crippen molar-refractivity contribution in [3.05, 3.63) is 77.1 Å². The molecule has 2 aromatic heterocycles. The third kappa shape index (κ3) is 7.61. The Morgan fingerprint density at radius 3 is 2.39 bits per heavy atom. The standard InChI is InChI=1S/C25H28N4O3S/c1-16-11-17(2)13-19(12-16)28-22(30)20-7-6-9-27-23(20)33-15-18-8-10-26-21(14-18)29-24(31)32-25(3,4)5/h6-14H,15H2,1-5H3,(H,28,30)(H,26,29,31). The molecule has 0 aliphatic rings. The molecule has 3 aromatic rings.